The Morgan fingerprint density at radius 2 is 1.85 bits per heavy atom. The van der Waals surface area contributed by atoms with Gasteiger partial charge in [-0.2, -0.15) is 0 Å². The number of hydrogen-bond acceptors (Lipinski definition) is 4. The molecule has 3 heterocycles. The van der Waals surface area contributed by atoms with Gasteiger partial charge >= 0.3 is 0 Å². The van der Waals surface area contributed by atoms with Crippen LogP contribution < -0.4 is 5.32 Å². The topological polar surface area (TPSA) is 68.5 Å². The molecule has 1 aliphatic rings. The highest BCUT2D eigenvalue weighted by Gasteiger charge is 2.41. The molecule has 0 bridgehead atoms. The van der Waals surface area contributed by atoms with Gasteiger partial charge in [-0.1, -0.05) is 36.4 Å². The highest BCUT2D eigenvalue weighted by atomic mass is 16.5. The van der Waals surface area contributed by atoms with Crippen LogP contribution in [0.25, 0.3) is 5.65 Å². The predicted octanol–water partition coefficient (Wildman–Crippen LogP) is 2.14. The van der Waals surface area contributed by atoms with Crippen LogP contribution in [-0.4, -0.2) is 40.3 Å². The lowest BCUT2D eigenvalue weighted by Gasteiger charge is -2.36. The van der Waals surface area contributed by atoms with Gasteiger partial charge in [-0.05, 0) is 30.5 Å². The number of benzene rings is 1. The smallest absolute Gasteiger partial charge is 0.230 e. The van der Waals surface area contributed by atoms with Gasteiger partial charge in [0.05, 0.1) is 5.41 Å². The van der Waals surface area contributed by atoms with E-state index < -0.39 is 5.41 Å². The van der Waals surface area contributed by atoms with Crippen LogP contribution in [0.1, 0.15) is 24.2 Å². The maximum atomic E-state index is 13.1. The minimum absolute atomic E-state index is 0.0702. The number of aromatic nitrogens is 3. The van der Waals surface area contributed by atoms with Crippen molar-refractivity contribution in [2.75, 3.05) is 19.8 Å². The van der Waals surface area contributed by atoms with E-state index in [4.69, 9.17) is 4.74 Å². The van der Waals surface area contributed by atoms with Crippen molar-refractivity contribution >= 4 is 11.6 Å². The number of carbonyl (C=O) groups is 1. The van der Waals surface area contributed by atoms with Crippen LogP contribution in [0.3, 0.4) is 0 Å². The third kappa shape index (κ3) is 3.08. The first-order chi connectivity index (χ1) is 12.8. The lowest BCUT2D eigenvalue weighted by atomic mass is 9.73. The molecule has 1 amide bonds. The summed E-state index contributed by atoms with van der Waals surface area (Å²) in [5, 5.41) is 11.5. The Bertz CT molecular complexity index is 885. The molecule has 1 aliphatic heterocycles. The number of amides is 1. The van der Waals surface area contributed by atoms with E-state index in [0.29, 0.717) is 39.0 Å². The molecule has 1 saturated heterocycles. The van der Waals surface area contributed by atoms with Gasteiger partial charge in [0, 0.05) is 32.4 Å². The van der Waals surface area contributed by atoms with Crippen molar-refractivity contribution in [2.45, 2.75) is 24.7 Å². The van der Waals surface area contributed by atoms with Crippen molar-refractivity contribution in [2.24, 2.45) is 0 Å². The molecule has 1 fully saturated rings. The van der Waals surface area contributed by atoms with E-state index in [1.807, 2.05) is 59.1 Å². The first kappa shape index (κ1) is 16.7. The number of nitrogens with one attached hydrogen (secondary N) is 1. The van der Waals surface area contributed by atoms with Crippen LogP contribution in [0.5, 0.6) is 0 Å². The minimum atomic E-state index is -0.508. The highest BCUT2D eigenvalue weighted by Crippen LogP contribution is 2.35. The summed E-state index contributed by atoms with van der Waals surface area (Å²) >= 11 is 0. The van der Waals surface area contributed by atoms with E-state index in [-0.39, 0.29) is 5.91 Å². The molecular weight excluding hydrogens is 328 g/mol. The Hall–Kier alpha value is -2.73. The molecule has 0 atom stereocenters. The first-order valence-electron chi connectivity index (χ1n) is 9.00. The van der Waals surface area contributed by atoms with Crippen LogP contribution in [0.4, 0.5) is 0 Å². The molecule has 2 aromatic heterocycles. The Morgan fingerprint density at radius 3 is 2.65 bits per heavy atom. The largest absolute Gasteiger partial charge is 0.381 e. The second-order valence-corrected chi connectivity index (χ2v) is 6.61. The lowest BCUT2D eigenvalue weighted by molar-refractivity contribution is -0.130. The number of pyridine rings is 1. The minimum Gasteiger partial charge on any atom is -0.381 e. The SMILES string of the molecule is O=C(NCCc1nnc2ccccn12)C1(c2ccccc2)CCOCC1. The number of fused-ring (bicyclic) bond motifs is 1. The number of carbonyl (C=O) groups excluding carboxylic acids is 1. The molecule has 26 heavy (non-hydrogen) atoms. The van der Waals surface area contributed by atoms with Gasteiger partial charge in [0.15, 0.2) is 5.65 Å². The molecule has 1 N–H and O–H groups in total. The van der Waals surface area contributed by atoms with Crippen molar-refractivity contribution in [3.8, 4) is 0 Å². The number of nitrogens with zero attached hydrogens (tertiary/aromatic N) is 3. The van der Waals surface area contributed by atoms with Gasteiger partial charge in [0.2, 0.25) is 5.91 Å². The van der Waals surface area contributed by atoms with Gasteiger partial charge < -0.3 is 10.1 Å². The molecule has 0 unspecified atom stereocenters. The fraction of sp³-hybridized carbons (Fsp3) is 0.350. The van der Waals surface area contributed by atoms with Gasteiger partial charge in [-0.25, -0.2) is 0 Å². The Labute approximate surface area is 152 Å². The molecule has 134 valence electrons. The molecule has 6 nitrogen and oxygen atoms in total. The molecule has 4 rings (SSSR count). The first-order valence-corrected chi connectivity index (χ1v) is 9.00. The normalized spacial score (nSPS) is 16.5. The predicted molar refractivity (Wildman–Crippen MR) is 97.9 cm³/mol. The van der Waals surface area contributed by atoms with Gasteiger partial charge in [-0.15, -0.1) is 10.2 Å². The maximum absolute atomic E-state index is 13.1. The average molecular weight is 350 g/mol. The van der Waals surface area contributed by atoms with E-state index >= 15 is 0 Å². The third-order valence-electron chi connectivity index (χ3n) is 5.13. The van der Waals surface area contributed by atoms with E-state index in [1.165, 1.54) is 0 Å². The zero-order valence-electron chi connectivity index (χ0n) is 14.6. The number of ether oxygens (including phenoxy) is 1. The second-order valence-electron chi connectivity index (χ2n) is 6.61. The zero-order valence-corrected chi connectivity index (χ0v) is 14.6. The second kappa shape index (κ2) is 7.25. The quantitative estimate of drug-likeness (QED) is 0.765. The summed E-state index contributed by atoms with van der Waals surface area (Å²) in [6, 6.07) is 15.8. The van der Waals surface area contributed by atoms with Crippen molar-refractivity contribution in [3.63, 3.8) is 0 Å². The Morgan fingerprint density at radius 1 is 1.08 bits per heavy atom. The fourth-order valence-electron chi connectivity index (χ4n) is 3.64. The summed E-state index contributed by atoms with van der Waals surface area (Å²) in [5.74, 6) is 0.919. The van der Waals surface area contributed by atoms with Crippen molar-refractivity contribution in [3.05, 3.63) is 66.1 Å². The van der Waals surface area contributed by atoms with Crippen molar-refractivity contribution in [1.29, 1.82) is 0 Å². The maximum Gasteiger partial charge on any atom is 0.230 e. The third-order valence-corrected chi connectivity index (χ3v) is 5.13. The zero-order chi connectivity index (χ0) is 17.8. The van der Waals surface area contributed by atoms with Gasteiger partial charge in [0.25, 0.3) is 0 Å². The molecule has 0 spiro atoms. The summed E-state index contributed by atoms with van der Waals surface area (Å²) in [5.41, 5.74) is 1.37. The Kier molecular flexibility index (Phi) is 4.67. The van der Waals surface area contributed by atoms with E-state index in [2.05, 4.69) is 15.5 Å². The Balaban J connectivity index is 1.47. The average Bonchev–Trinajstić information content (AvgIpc) is 3.12. The molecule has 6 heteroatoms. The van der Waals surface area contributed by atoms with E-state index in [1.54, 1.807) is 0 Å². The molecule has 0 aliphatic carbocycles. The number of hydrogen-bond donors (Lipinski definition) is 1. The van der Waals surface area contributed by atoms with E-state index in [9.17, 15) is 4.79 Å². The summed E-state index contributed by atoms with van der Waals surface area (Å²) in [6.45, 7) is 1.75. The van der Waals surface area contributed by atoms with Crippen LogP contribution in [0, 0.1) is 0 Å². The van der Waals surface area contributed by atoms with E-state index in [0.717, 1.165) is 17.0 Å². The highest BCUT2D eigenvalue weighted by molar-refractivity contribution is 5.88. The van der Waals surface area contributed by atoms with Crippen LogP contribution in [-0.2, 0) is 21.4 Å². The summed E-state index contributed by atoms with van der Waals surface area (Å²) in [7, 11) is 0. The summed E-state index contributed by atoms with van der Waals surface area (Å²) in [6.07, 6.45) is 3.99. The van der Waals surface area contributed by atoms with Crippen LogP contribution >= 0.6 is 0 Å². The van der Waals surface area contributed by atoms with Crippen molar-refractivity contribution in [1.82, 2.24) is 19.9 Å². The molecule has 3 aromatic rings. The van der Waals surface area contributed by atoms with Crippen LogP contribution in [0.2, 0.25) is 0 Å². The molecule has 0 radical (unpaired) electrons. The molecular formula is C20H22N4O2. The van der Waals surface area contributed by atoms with Gasteiger partial charge in [0.1, 0.15) is 5.82 Å². The summed E-state index contributed by atoms with van der Waals surface area (Å²) in [4.78, 5) is 13.1. The monoisotopic (exact) mass is 350 g/mol. The van der Waals surface area contributed by atoms with Crippen molar-refractivity contribution < 1.29 is 9.53 Å². The molecule has 0 saturated carbocycles. The van der Waals surface area contributed by atoms with Crippen LogP contribution in [0.15, 0.2) is 54.7 Å². The summed E-state index contributed by atoms with van der Waals surface area (Å²) < 4.78 is 7.46. The van der Waals surface area contributed by atoms with Gasteiger partial charge in [-0.3, -0.25) is 9.20 Å². The standard InChI is InChI=1S/C20H22N4O2/c25-19(20(10-14-26-15-11-20)16-6-2-1-3-7-16)21-12-9-18-23-22-17-8-4-5-13-24(17)18/h1-8,13H,9-12,14-15H2,(H,21,25). The number of rotatable bonds is 5. The lowest BCUT2D eigenvalue weighted by Crippen LogP contribution is -2.48. The fourth-order valence-corrected chi connectivity index (χ4v) is 3.64. The molecule has 1 aromatic carbocycles.